The van der Waals surface area contributed by atoms with Gasteiger partial charge >= 0.3 is 0 Å². The van der Waals surface area contributed by atoms with Crippen LogP contribution in [0.1, 0.15) is 24.1 Å². The summed E-state index contributed by atoms with van der Waals surface area (Å²) >= 11 is 0. The maximum Gasteiger partial charge on any atom is 0.226 e. The van der Waals surface area contributed by atoms with Gasteiger partial charge in [-0.1, -0.05) is 12.1 Å². The minimum atomic E-state index is 0.888. The van der Waals surface area contributed by atoms with Crippen LogP contribution in [-0.4, -0.2) is 32.6 Å². The van der Waals surface area contributed by atoms with Gasteiger partial charge in [-0.2, -0.15) is 0 Å². The van der Waals surface area contributed by atoms with E-state index in [-0.39, 0.29) is 0 Å². The van der Waals surface area contributed by atoms with E-state index in [9.17, 15) is 0 Å². The third kappa shape index (κ3) is 1.89. The summed E-state index contributed by atoms with van der Waals surface area (Å²) in [5.74, 6) is 1.85. The molecule has 1 aliphatic heterocycles. The highest BCUT2D eigenvalue weighted by atomic mass is 15.3. The predicted molar refractivity (Wildman–Crippen MR) is 90.6 cm³/mol. The summed E-state index contributed by atoms with van der Waals surface area (Å²) in [6.45, 7) is 2.14. The molecule has 1 saturated heterocycles. The van der Waals surface area contributed by atoms with E-state index in [1.165, 1.54) is 24.1 Å². The molecule has 0 N–H and O–H groups in total. The molecule has 116 valence electrons. The third-order valence-corrected chi connectivity index (χ3v) is 5.06. The van der Waals surface area contributed by atoms with Crippen molar-refractivity contribution in [1.29, 1.82) is 0 Å². The van der Waals surface area contributed by atoms with Crippen LogP contribution in [0.4, 0.5) is 5.95 Å². The highest BCUT2D eigenvalue weighted by Crippen LogP contribution is 2.33. The Bertz CT molecular complexity index is 907. The fourth-order valence-electron chi connectivity index (χ4n) is 3.62. The van der Waals surface area contributed by atoms with Crippen molar-refractivity contribution in [2.24, 2.45) is 7.05 Å². The topological polar surface area (TPSA) is 46.8 Å². The van der Waals surface area contributed by atoms with Crippen molar-refractivity contribution < 1.29 is 0 Å². The predicted octanol–water partition coefficient (Wildman–Crippen LogP) is 2.73. The summed E-state index contributed by atoms with van der Waals surface area (Å²) in [6, 6.07) is 8.28. The fourth-order valence-corrected chi connectivity index (χ4v) is 3.62. The zero-order valence-corrected chi connectivity index (χ0v) is 13.3. The largest absolute Gasteiger partial charge is 0.341 e. The first-order chi connectivity index (χ1) is 11.3. The molecule has 0 bridgehead atoms. The number of hydrogen-bond acceptors (Lipinski definition) is 4. The molecule has 0 saturated carbocycles. The molecule has 1 aliphatic carbocycles. The molecule has 0 spiro atoms. The second-order valence-electron chi connectivity index (χ2n) is 6.47. The minimum absolute atomic E-state index is 0.888. The standard InChI is InChI=1S/C18H19N5/c1-22-15-9-3-2-7-14(15)19-17(22)16-12-6-4-8-13(12)20-18(21-16)23-10-5-11-23/h2-3,7,9H,4-6,8,10-11H2,1H3. The monoisotopic (exact) mass is 305 g/mol. The van der Waals surface area contributed by atoms with Gasteiger partial charge in [0.1, 0.15) is 5.69 Å². The minimum Gasteiger partial charge on any atom is -0.341 e. The highest BCUT2D eigenvalue weighted by molar-refractivity contribution is 5.80. The van der Waals surface area contributed by atoms with Gasteiger partial charge < -0.3 is 9.47 Å². The van der Waals surface area contributed by atoms with Crippen LogP contribution in [0.2, 0.25) is 0 Å². The Morgan fingerprint density at radius 3 is 2.61 bits per heavy atom. The molecule has 0 radical (unpaired) electrons. The van der Waals surface area contributed by atoms with Crippen molar-refractivity contribution in [2.75, 3.05) is 18.0 Å². The molecule has 5 nitrogen and oxygen atoms in total. The molecule has 23 heavy (non-hydrogen) atoms. The number of aryl methyl sites for hydroxylation is 2. The molecule has 3 aromatic rings. The molecule has 3 heterocycles. The van der Waals surface area contributed by atoms with Crippen LogP contribution in [0.25, 0.3) is 22.6 Å². The SMILES string of the molecule is Cn1c(-c2nc(N3CCC3)nc3c2CCC3)nc2ccccc21. The second kappa shape index (κ2) is 4.78. The third-order valence-electron chi connectivity index (χ3n) is 5.06. The molecule has 0 unspecified atom stereocenters. The average Bonchev–Trinajstić information content (AvgIpc) is 3.10. The number of aromatic nitrogens is 4. The van der Waals surface area contributed by atoms with Gasteiger partial charge in [-0.3, -0.25) is 0 Å². The summed E-state index contributed by atoms with van der Waals surface area (Å²) < 4.78 is 2.16. The Morgan fingerprint density at radius 1 is 0.957 bits per heavy atom. The maximum absolute atomic E-state index is 4.92. The van der Waals surface area contributed by atoms with Gasteiger partial charge in [-0.25, -0.2) is 15.0 Å². The molecule has 1 aromatic carbocycles. The molecule has 0 amide bonds. The molecule has 2 aromatic heterocycles. The van der Waals surface area contributed by atoms with Crippen molar-refractivity contribution in [3.05, 3.63) is 35.5 Å². The number of fused-ring (bicyclic) bond motifs is 2. The lowest BCUT2D eigenvalue weighted by Gasteiger charge is -2.31. The van der Waals surface area contributed by atoms with Crippen molar-refractivity contribution in [1.82, 2.24) is 19.5 Å². The number of hydrogen-bond donors (Lipinski definition) is 0. The van der Waals surface area contributed by atoms with Crippen LogP contribution in [0.15, 0.2) is 24.3 Å². The van der Waals surface area contributed by atoms with Gasteiger partial charge in [0, 0.05) is 31.4 Å². The number of imidazole rings is 1. The Morgan fingerprint density at radius 2 is 1.83 bits per heavy atom. The first-order valence-corrected chi connectivity index (χ1v) is 8.38. The fraction of sp³-hybridized carbons (Fsp3) is 0.389. The van der Waals surface area contributed by atoms with Crippen LogP contribution < -0.4 is 4.90 Å². The van der Waals surface area contributed by atoms with Gasteiger partial charge in [0.25, 0.3) is 0 Å². The zero-order chi connectivity index (χ0) is 15.4. The molecule has 2 aliphatic rings. The van der Waals surface area contributed by atoms with Gasteiger partial charge in [0.2, 0.25) is 5.95 Å². The van der Waals surface area contributed by atoms with Crippen molar-refractivity contribution in [3.63, 3.8) is 0 Å². The van der Waals surface area contributed by atoms with E-state index in [0.717, 1.165) is 54.4 Å². The van der Waals surface area contributed by atoms with Crippen LogP contribution in [0.3, 0.4) is 0 Å². The summed E-state index contributed by atoms with van der Waals surface area (Å²) in [5, 5.41) is 0. The number of benzene rings is 1. The summed E-state index contributed by atoms with van der Waals surface area (Å²) in [4.78, 5) is 16.9. The van der Waals surface area contributed by atoms with Gasteiger partial charge in [0.15, 0.2) is 5.82 Å². The number of nitrogens with zero attached hydrogens (tertiary/aromatic N) is 5. The lowest BCUT2D eigenvalue weighted by Crippen LogP contribution is -2.38. The molecular formula is C18H19N5. The quantitative estimate of drug-likeness (QED) is 0.730. The Hall–Kier alpha value is -2.43. The van der Waals surface area contributed by atoms with Crippen molar-refractivity contribution in [2.45, 2.75) is 25.7 Å². The lowest BCUT2D eigenvalue weighted by atomic mass is 10.1. The van der Waals surface area contributed by atoms with Crippen molar-refractivity contribution >= 4 is 17.0 Å². The molecule has 5 heteroatoms. The normalized spacial score (nSPS) is 16.7. The summed E-state index contributed by atoms with van der Waals surface area (Å²) in [5.41, 5.74) is 5.74. The zero-order valence-electron chi connectivity index (χ0n) is 13.3. The van der Waals surface area contributed by atoms with E-state index in [2.05, 4.69) is 34.7 Å². The van der Waals surface area contributed by atoms with Gasteiger partial charge in [0.05, 0.1) is 11.0 Å². The molecular weight excluding hydrogens is 286 g/mol. The van der Waals surface area contributed by atoms with Crippen molar-refractivity contribution in [3.8, 4) is 11.5 Å². The van der Waals surface area contributed by atoms with Crippen LogP contribution in [0, 0.1) is 0 Å². The van der Waals surface area contributed by atoms with Crippen LogP contribution in [0.5, 0.6) is 0 Å². The molecule has 5 rings (SSSR count). The van der Waals surface area contributed by atoms with E-state index in [1.54, 1.807) is 0 Å². The van der Waals surface area contributed by atoms with E-state index < -0.39 is 0 Å². The molecule has 1 fully saturated rings. The van der Waals surface area contributed by atoms with Crippen LogP contribution >= 0.6 is 0 Å². The summed E-state index contributed by atoms with van der Waals surface area (Å²) in [6.07, 6.45) is 4.54. The number of rotatable bonds is 2. The van der Waals surface area contributed by atoms with E-state index in [4.69, 9.17) is 15.0 Å². The summed E-state index contributed by atoms with van der Waals surface area (Å²) in [7, 11) is 2.08. The Balaban J connectivity index is 1.74. The average molecular weight is 305 g/mol. The second-order valence-corrected chi connectivity index (χ2v) is 6.47. The highest BCUT2D eigenvalue weighted by Gasteiger charge is 2.26. The van der Waals surface area contributed by atoms with Crippen LogP contribution in [-0.2, 0) is 19.9 Å². The smallest absolute Gasteiger partial charge is 0.226 e. The Kier molecular flexibility index (Phi) is 2.71. The van der Waals surface area contributed by atoms with E-state index in [1.807, 2.05) is 6.07 Å². The first kappa shape index (κ1) is 13.0. The number of anilines is 1. The van der Waals surface area contributed by atoms with E-state index >= 15 is 0 Å². The van der Waals surface area contributed by atoms with E-state index in [0.29, 0.717) is 0 Å². The molecule has 0 atom stereocenters. The maximum atomic E-state index is 4.92. The van der Waals surface area contributed by atoms with Gasteiger partial charge in [-0.15, -0.1) is 0 Å². The Labute approximate surface area is 135 Å². The lowest BCUT2D eigenvalue weighted by molar-refractivity contribution is 0.599. The number of para-hydroxylation sites is 2. The first-order valence-electron chi connectivity index (χ1n) is 8.38. The van der Waals surface area contributed by atoms with Gasteiger partial charge in [-0.05, 0) is 37.8 Å².